The fourth-order valence-corrected chi connectivity index (χ4v) is 3.10. The Bertz CT molecular complexity index is 930. The van der Waals surface area contributed by atoms with Crippen molar-refractivity contribution in [1.29, 1.82) is 0 Å². The first-order valence-corrected chi connectivity index (χ1v) is 9.20. The van der Waals surface area contributed by atoms with E-state index in [1.54, 1.807) is 24.3 Å². The quantitative estimate of drug-likeness (QED) is 0.760. The molecule has 0 saturated heterocycles. The number of nitrogens with zero attached hydrogens (tertiary/aromatic N) is 1. The highest BCUT2D eigenvalue weighted by Crippen LogP contribution is 2.22. The highest BCUT2D eigenvalue weighted by Gasteiger charge is 2.25. The monoisotopic (exact) mass is 380 g/mol. The molecule has 0 unspecified atom stereocenters. The zero-order valence-corrected chi connectivity index (χ0v) is 15.5. The first-order valence-electron chi connectivity index (χ1n) is 7.76. The van der Waals surface area contributed by atoms with Gasteiger partial charge in [0.1, 0.15) is 5.76 Å². The van der Waals surface area contributed by atoms with Crippen LogP contribution in [0.25, 0.3) is 0 Å². The Morgan fingerprint density at radius 2 is 1.92 bits per heavy atom. The summed E-state index contributed by atoms with van der Waals surface area (Å²) < 4.78 is 30.4. The van der Waals surface area contributed by atoms with Crippen molar-refractivity contribution in [3.63, 3.8) is 0 Å². The molecule has 0 fully saturated rings. The van der Waals surface area contributed by atoms with Gasteiger partial charge in [-0.3, -0.25) is 9.59 Å². The number of aryl methyl sites for hydroxylation is 2. The molecule has 0 aliphatic rings. The van der Waals surface area contributed by atoms with E-state index in [0.717, 1.165) is 9.87 Å². The Morgan fingerprint density at radius 3 is 2.54 bits per heavy atom. The van der Waals surface area contributed by atoms with Crippen LogP contribution < -0.4 is 5.32 Å². The highest BCUT2D eigenvalue weighted by molar-refractivity contribution is 7.88. The number of rotatable bonds is 7. The standard InChI is InChI=1S/C17H20N2O6S/c1-11-14(10-16(25-11)26(23,24)19(2)3)17(22)18-13-6-4-5-12(9-13)7-8-15(20)21/h4-6,9-10H,7-8H2,1-3H3,(H,18,22)(H,20,21). The SMILES string of the molecule is Cc1oc(S(=O)(=O)N(C)C)cc1C(=O)Nc1cccc(CCC(=O)O)c1. The van der Waals surface area contributed by atoms with Gasteiger partial charge in [-0.2, -0.15) is 0 Å². The number of anilines is 1. The molecule has 0 aliphatic heterocycles. The molecule has 0 atom stereocenters. The van der Waals surface area contributed by atoms with Gasteiger partial charge in [0.05, 0.1) is 5.56 Å². The van der Waals surface area contributed by atoms with Gasteiger partial charge in [-0.15, -0.1) is 0 Å². The molecule has 1 aromatic carbocycles. The van der Waals surface area contributed by atoms with E-state index < -0.39 is 21.9 Å². The van der Waals surface area contributed by atoms with Crippen LogP contribution in [0.2, 0.25) is 0 Å². The van der Waals surface area contributed by atoms with Crippen LogP contribution in [0.15, 0.2) is 39.8 Å². The molecule has 0 radical (unpaired) electrons. The minimum atomic E-state index is -3.78. The van der Waals surface area contributed by atoms with E-state index in [1.807, 2.05) is 0 Å². The molecule has 1 amide bonds. The summed E-state index contributed by atoms with van der Waals surface area (Å²) in [6, 6.07) is 8.00. The van der Waals surface area contributed by atoms with Gasteiger partial charge in [0.2, 0.25) is 5.09 Å². The molecule has 8 nitrogen and oxygen atoms in total. The fraction of sp³-hybridized carbons (Fsp3) is 0.294. The maximum Gasteiger partial charge on any atom is 0.303 e. The zero-order chi connectivity index (χ0) is 19.5. The Hall–Kier alpha value is -2.65. The van der Waals surface area contributed by atoms with Crippen molar-refractivity contribution in [3.8, 4) is 0 Å². The largest absolute Gasteiger partial charge is 0.481 e. The molecule has 2 rings (SSSR count). The van der Waals surface area contributed by atoms with Crippen LogP contribution in [0.5, 0.6) is 0 Å². The van der Waals surface area contributed by atoms with Gasteiger partial charge in [0.25, 0.3) is 15.9 Å². The molecule has 0 aliphatic carbocycles. The Morgan fingerprint density at radius 1 is 1.23 bits per heavy atom. The minimum Gasteiger partial charge on any atom is -0.481 e. The van der Waals surface area contributed by atoms with Crippen LogP contribution in [-0.4, -0.2) is 43.8 Å². The maximum atomic E-state index is 12.4. The van der Waals surface area contributed by atoms with Gasteiger partial charge < -0.3 is 14.8 Å². The molecule has 26 heavy (non-hydrogen) atoms. The molecular weight excluding hydrogens is 360 g/mol. The summed E-state index contributed by atoms with van der Waals surface area (Å²) >= 11 is 0. The zero-order valence-electron chi connectivity index (χ0n) is 14.6. The van der Waals surface area contributed by atoms with Crippen LogP contribution in [0.1, 0.15) is 28.1 Å². The average Bonchev–Trinajstić information content (AvgIpc) is 2.96. The normalized spacial score (nSPS) is 11.5. The lowest BCUT2D eigenvalue weighted by atomic mass is 10.1. The number of nitrogens with one attached hydrogen (secondary N) is 1. The number of benzene rings is 1. The summed E-state index contributed by atoms with van der Waals surface area (Å²) in [5, 5.41) is 11.1. The van der Waals surface area contributed by atoms with Crippen molar-refractivity contribution >= 4 is 27.6 Å². The van der Waals surface area contributed by atoms with E-state index in [9.17, 15) is 18.0 Å². The second-order valence-corrected chi connectivity index (χ2v) is 7.95. The van der Waals surface area contributed by atoms with E-state index in [-0.39, 0.29) is 22.8 Å². The summed E-state index contributed by atoms with van der Waals surface area (Å²) in [5.41, 5.74) is 1.36. The lowest BCUT2D eigenvalue weighted by Crippen LogP contribution is -2.21. The van der Waals surface area contributed by atoms with Crippen LogP contribution >= 0.6 is 0 Å². The second kappa shape index (κ2) is 7.71. The second-order valence-electron chi connectivity index (χ2n) is 5.87. The summed E-state index contributed by atoms with van der Waals surface area (Å²) in [5.74, 6) is -1.23. The molecule has 0 bridgehead atoms. The Kier molecular flexibility index (Phi) is 5.83. The third-order valence-electron chi connectivity index (χ3n) is 3.69. The Labute approximate surface area is 151 Å². The van der Waals surface area contributed by atoms with Crippen molar-refractivity contribution in [2.45, 2.75) is 24.9 Å². The summed E-state index contributed by atoms with van der Waals surface area (Å²) in [7, 11) is -1.03. The van der Waals surface area contributed by atoms with Crippen LogP contribution in [0.3, 0.4) is 0 Å². The number of amides is 1. The van der Waals surface area contributed by atoms with E-state index in [1.165, 1.54) is 27.1 Å². The van der Waals surface area contributed by atoms with Crippen LogP contribution in [0.4, 0.5) is 5.69 Å². The minimum absolute atomic E-state index is 0.00993. The Balaban J connectivity index is 2.20. The molecular formula is C17H20N2O6S. The summed E-state index contributed by atoms with van der Waals surface area (Å²) in [6.07, 6.45) is 0.332. The molecule has 2 aromatic rings. The topological polar surface area (TPSA) is 117 Å². The smallest absolute Gasteiger partial charge is 0.303 e. The van der Waals surface area contributed by atoms with E-state index in [2.05, 4.69) is 5.32 Å². The number of carboxylic acids is 1. The first kappa shape index (κ1) is 19.7. The lowest BCUT2D eigenvalue weighted by molar-refractivity contribution is -0.136. The van der Waals surface area contributed by atoms with E-state index in [0.29, 0.717) is 12.1 Å². The molecule has 2 N–H and O–H groups in total. The predicted molar refractivity (Wildman–Crippen MR) is 94.7 cm³/mol. The fourth-order valence-electron chi connectivity index (χ4n) is 2.24. The van der Waals surface area contributed by atoms with Crippen molar-refractivity contribution in [2.75, 3.05) is 19.4 Å². The number of sulfonamides is 1. The summed E-state index contributed by atoms with van der Waals surface area (Å²) in [4.78, 5) is 23.1. The van der Waals surface area contributed by atoms with Gasteiger partial charge in [-0.1, -0.05) is 12.1 Å². The molecule has 1 aromatic heterocycles. The number of hydrogen-bond donors (Lipinski definition) is 2. The molecule has 0 saturated carbocycles. The van der Waals surface area contributed by atoms with Crippen LogP contribution in [-0.2, 0) is 21.2 Å². The third-order valence-corrected chi connectivity index (χ3v) is 5.36. The molecule has 9 heteroatoms. The van der Waals surface area contributed by atoms with Gasteiger partial charge in [0, 0.05) is 32.3 Å². The van der Waals surface area contributed by atoms with Gasteiger partial charge in [-0.05, 0) is 31.0 Å². The van der Waals surface area contributed by atoms with Gasteiger partial charge in [-0.25, -0.2) is 12.7 Å². The number of furan rings is 1. The van der Waals surface area contributed by atoms with Gasteiger partial charge in [0.15, 0.2) is 0 Å². The maximum absolute atomic E-state index is 12.4. The molecule has 140 valence electrons. The predicted octanol–water partition coefficient (Wildman–Crippen LogP) is 2.11. The number of carboxylic acid groups (broad SMARTS) is 1. The van der Waals surface area contributed by atoms with Crippen molar-refractivity contribution in [2.24, 2.45) is 0 Å². The van der Waals surface area contributed by atoms with E-state index >= 15 is 0 Å². The third kappa shape index (κ3) is 4.50. The number of hydrogen-bond acceptors (Lipinski definition) is 5. The number of carbonyl (C=O) groups is 2. The summed E-state index contributed by atoms with van der Waals surface area (Å²) in [6.45, 7) is 1.51. The van der Waals surface area contributed by atoms with Crippen LogP contribution in [0, 0.1) is 6.92 Å². The van der Waals surface area contributed by atoms with Crippen molar-refractivity contribution in [3.05, 3.63) is 47.2 Å². The first-order chi connectivity index (χ1) is 12.1. The lowest BCUT2D eigenvalue weighted by Gasteiger charge is -2.07. The number of aliphatic carboxylic acids is 1. The van der Waals surface area contributed by atoms with Gasteiger partial charge >= 0.3 is 5.97 Å². The molecule has 1 heterocycles. The van der Waals surface area contributed by atoms with Crippen molar-refractivity contribution in [1.82, 2.24) is 4.31 Å². The molecule has 0 spiro atoms. The van der Waals surface area contributed by atoms with Crippen molar-refractivity contribution < 1.29 is 27.5 Å². The van der Waals surface area contributed by atoms with E-state index in [4.69, 9.17) is 9.52 Å². The highest BCUT2D eigenvalue weighted by atomic mass is 32.2. The average molecular weight is 380 g/mol. The number of carbonyl (C=O) groups excluding carboxylic acids is 1.